The monoisotopic (exact) mass is 790 g/mol. The van der Waals surface area contributed by atoms with Gasteiger partial charge in [-0.2, -0.15) is 0 Å². The molecule has 1 unspecified atom stereocenters. The van der Waals surface area contributed by atoms with Crippen molar-refractivity contribution in [3.8, 4) is 0 Å². The summed E-state index contributed by atoms with van der Waals surface area (Å²) < 4.78 is 32.6. The predicted molar refractivity (Wildman–Crippen MR) is 223 cm³/mol. The zero-order chi connectivity index (χ0) is 40.5. The maximum absolute atomic E-state index is 12.6. The summed E-state index contributed by atoms with van der Waals surface area (Å²) in [5.41, 5.74) is 0. The van der Waals surface area contributed by atoms with Crippen molar-refractivity contribution in [3.63, 3.8) is 0 Å². The number of ether oxygens (including phenoxy) is 2. The Kier molecular flexibility index (Phi) is 36.9. The van der Waals surface area contributed by atoms with E-state index in [0.29, 0.717) is 19.3 Å². The lowest BCUT2D eigenvalue weighted by atomic mass is 10.1. The average Bonchev–Trinajstić information content (AvgIpc) is 3.17. The van der Waals surface area contributed by atoms with Crippen LogP contribution >= 0.6 is 7.82 Å². The molecule has 11 heteroatoms. The molecule has 0 aliphatic carbocycles. The summed E-state index contributed by atoms with van der Waals surface area (Å²) in [5.74, 6) is -1.03. The molecule has 10 nitrogen and oxygen atoms in total. The molecule has 0 saturated carbocycles. The van der Waals surface area contributed by atoms with Gasteiger partial charge in [0.2, 0.25) is 0 Å². The highest BCUT2D eigenvalue weighted by atomic mass is 31.2. The van der Waals surface area contributed by atoms with Crippen LogP contribution in [0.1, 0.15) is 129 Å². The number of aliphatic hydroxyl groups excluding tert-OH is 2. The van der Waals surface area contributed by atoms with Gasteiger partial charge in [-0.15, -0.1) is 0 Å². The number of carbonyl (C=O) groups excluding carboxylic acids is 2. The molecule has 0 aliphatic heterocycles. The minimum absolute atomic E-state index is 0.0965. The van der Waals surface area contributed by atoms with Crippen LogP contribution in [0.25, 0.3) is 0 Å². The summed E-state index contributed by atoms with van der Waals surface area (Å²) >= 11 is 0. The number of hydrogen-bond acceptors (Lipinski definition) is 9. The number of phosphoric acid groups is 1. The first-order chi connectivity index (χ1) is 26.7. The third-order valence-electron chi connectivity index (χ3n) is 7.82. The van der Waals surface area contributed by atoms with Gasteiger partial charge in [0.05, 0.1) is 19.8 Å². The smallest absolute Gasteiger partial charge is 0.462 e. The van der Waals surface area contributed by atoms with Crippen molar-refractivity contribution in [2.45, 2.75) is 142 Å². The van der Waals surface area contributed by atoms with Gasteiger partial charge in [0.1, 0.15) is 12.7 Å². The zero-order valence-electron chi connectivity index (χ0n) is 33.6. The lowest BCUT2D eigenvalue weighted by molar-refractivity contribution is -0.161. The number of aliphatic hydroxyl groups is 2. The minimum atomic E-state index is -4.64. The Hall–Kier alpha value is -3.11. The van der Waals surface area contributed by atoms with E-state index in [1.165, 1.54) is 19.3 Å². The molecule has 0 aromatic carbocycles. The summed E-state index contributed by atoms with van der Waals surface area (Å²) in [5, 5.41) is 18.3. The third-order valence-corrected chi connectivity index (χ3v) is 8.77. The topological polar surface area (TPSA) is 149 Å². The van der Waals surface area contributed by atoms with Gasteiger partial charge >= 0.3 is 19.8 Å². The van der Waals surface area contributed by atoms with Crippen LogP contribution in [0, 0.1) is 0 Å². The molecule has 3 N–H and O–H groups in total. The SMILES string of the molecule is CC/C=C/C=C/C=C/C=C/CCCCCCCC(=O)OC[C@H](COP(=O)(O)OC[C@@H](O)CO)OC(=O)CCC/C=C/C/C=C/C/C=C/C/C=C/CCCCC. The molecule has 0 radical (unpaired) electrons. The molecule has 0 aliphatic rings. The molecule has 0 heterocycles. The second-order valence-corrected chi connectivity index (χ2v) is 14.5. The van der Waals surface area contributed by atoms with E-state index in [9.17, 15) is 24.2 Å². The first-order valence-electron chi connectivity index (χ1n) is 20.2. The van der Waals surface area contributed by atoms with E-state index < -0.39 is 51.8 Å². The van der Waals surface area contributed by atoms with E-state index in [-0.39, 0.29) is 19.4 Å². The van der Waals surface area contributed by atoms with E-state index in [1.54, 1.807) is 0 Å². The van der Waals surface area contributed by atoms with Crippen LogP contribution in [-0.2, 0) is 32.7 Å². The van der Waals surface area contributed by atoms with Crippen LogP contribution in [0.5, 0.6) is 0 Å². The highest BCUT2D eigenvalue weighted by Crippen LogP contribution is 2.43. The standard InChI is InChI=1S/C44H71O10P/c1-3-5-7-9-11-13-15-17-19-20-22-24-26-28-30-32-34-36-44(48)54-42(40-53-55(49,50)52-38-41(46)37-45)39-51-43(47)35-33-31-29-27-25-23-21-18-16-14-12-10-8-6-4-2/h6,8,10-14,16-19,21-22,24,28,30,41-42,45-46H,3-5,7,9,15,20,23,25-27,29,31-40H2,1-2H3,(H,49,50)/b8-6+,12-10+,13-11+,16-14+,19-17+,21-18+,24-22+,30-28+/t41-,42+/m0/s1. The quantitative estimate of drug-likeness (QED) is 0.0184. The van der Waals surface area contributed by atoms with Crippen molar-refractivity contribution in [1.29, 1.82) is 0 Å². The number of esters is 2. The molecule has 0 amide bonds. The van der Waals surface area contributed by atoms with Crippen molar-refractivity contribution in [2.24, 2.45) is 0 Å². The number of phosphoric ester groups is 1. The average molecular weight is 791 g/mol. The van der Waals surface area contributed by atoms with E-state index in [0.717, 1.165) is 64.2 Å². The second kappa shape index (κ2) is 39.1. The number of rotatable bonds is 36. The van der Waals surface area contributed by atoms with Crippen LogP contribution in [0.15, 0.2) is 97.2 Å². The van der Waals surface area contributed by atoms with Gasteiger partial charge in [-0.1, -0.05) is 143 Å². The summed E-state index contributed by atoms with van der Waals surface area (Å²) in [7, 11) is -4.64. The number of carbonyl (C=O) groups is 2. The highest BCUT2D eigenvalue weighted by molar-refractivity contribution is 7.47. The van der Waals surface area contributed by atoms with Gasteiger partial charge in [0.25, 0.3) is 0 Å². The third kappa shape index (κ3) is 38.9. The summed E-state index contributed by atoms with van der Waals surface area (Å²) in [6.07, 6.45) is 46.6. The van der Waals surface area contributed by atoms with Gasteiger partial charge < -0.3 is 24.6 Å². The molecular weight excluding hydrogens is 719 g/mol. The molecule has 0 saturated heterocycles. The van der Waals surface area contributed by atoms with Crippen molar-refractivity contribution >= 4 is 19.8 Å². The fraction of sp³-hybridized carbons (Fsp3) is 0.591. The van der Waals surface area contributed by atoms with Crippen molar-refractivity contribution in [3.05, 3.63) is 97.2 Å². The maximum Gasteiger partial charge on any atom is 0.472 e. The van der Waals surface area contributed by atoms with Crippen molar-refractivity contribution < 1.29 is 47.8 Å². The summed E-state index contributed by atoms with van der Waals surface area (Å²) in [6.45, 7) is 2.09. The highest BCUT2D eigenvalue weighted by Gasteiger charge is 2.27. The first kappa shape index (κ1) is 51.9. The molecule has 312 valence electrons. The van der Waals surface area contributed by atoms with Gasteiger partial charge in [-0.3, -0.25) is 18.6 Å². The van der Waals surface area contributed by atoms with Gasteiger partial charge in [-0.25, -0.2) is 4.57 Å². The molecule has 0 bridgehead atoms. The predicted octanol–water partition coefficient (Wildman–Crippen LogP) is 10.4. The van der Waals surface area contributed by atoms with Crippen LogP contribution < -0.4 is 0 Å². The lowest BCUT2D eigenvalue weighted by Gasteiger charge is -2.20. The Morgan fingerprint density at radius 3 is 1.73 bits per heavy atom. The van der Waals surface area contributed by atoms with E-state index >= 15 is 0 Å². The maximum atomic E-state index is 12.6. The van der Waals surface area contributed by atoms with E-state index in [4.69, 9.17) is 19.1 Å². The van der Waals surface area contributed by atoms with Crippen molar-refractivity contribution in [2.75, 3.05) is 26.4 Å². The number of hydrogen-bond donors (Lipinski definition) is 3. The molecule has 0 rings (SSSR count). The van der Waals surface area contributed by atoms with Crippen LogP contribution in [0.4, 0.5) is 0 Å². The fourth-order valence-corrected chi connectivity index (χ4v) is 5.49. The second-order valence-electron chi connectivity index (χ2n) is 13.0. The normalized spacial score (nSPS) is 14.9. The molecule has 0 fully saturated rings. The van der Waals surface area contributed by atoms with Gasteiger partial charge in [0, 0.05) is 12.8 Å². The van der Waals surface area contributed by atoms with E-state index in [2.05, 4.69) is 67.0 Å². The van der Waals surface area contributed by atoms with Crippen LogP contribution in [-0.4, -0.2) is 65.7 Å². The zero-order valence-corrected chi connectivity index (χ0v) is 34.5. The number of allylic oxidation sites excluding steroid dienone is 16. The minimum Gasteiger partial charge on any atom is -0.462 e. The Balaban J connectivity index is 4.51. The van der Waals surface area contributed by atoms with Crippen molar-refractivity contribution in [1.82, 2.24) is 0 Å². The van der Waals surface area contributed by atoms with E-state index in [1.807, 2.05) is 48.6 Å². The molecule has 0 aromatic rings. The van der Waals surface area contributed by atoms with Crippen LogP contribution in [0.3, 0.4) is 0 Å². The lowest BCUT2D eigenvalue weighted by Crippen LogP contribution is -2.29. The molecule has 0 spiro atoms. The van der Waals surface area contributed by atoms with Gasteiger partial charge in [-0.05, 0) is 70.6 Å². The fourth-order valence-electron chi connectivity index (χ4n) is 4.70. The van der Waals surface area contributed by atoms with Crippen LogP contribution in [0.2, 0.25) is 0 Å². The summed E-state index contributed by atoms with van der Waals surface area (Å²) in [4.78, 5) is 34.9. The van der Waals surface area contributed by atoms with Gasteiger partial charge in [0.15, 0.2) is 6.10 Å². The first-order valence-corrected chi connectivity index (χ1v) is 21.7. The Labute approximate surface area is 332 Å². The molecule has 0 aromatic heterocycles. The Morgan fingerprint density at radius 2 is 1.09 bits per heavy atom. The molecule has 3 atom stereocenters. The largest absolute Gasteiger partial charge is 0.472 e. The molecular formula is C44H71O10P. The Bertz CT molecular complexity index is 1230. The summed E-state index contributed by atoms with van der Waals surface area (Å²) in [6, 6.07) is 0. The molecule has 55 heavy (non-hydrogen) atoms. The Morgan fingerprint density at radius 1 is 0.582 bits per heavy atom. The number of unbranched alkanes of at least 4 members (excludes halogenated alkanes) is 9.